The van der Waals surface area contributed by atoms with E-state index in [1.54, 1.807) is 0 Å². The molecule has 2 heteroatoms. The van der Waals surface area contributed by atoms with Gasteiger partial charge in [0.25, 0.3) is 0 Å². The van der Waals surface area contributed by atoms with Crippen molar-refractivity contribution in [1.82, 2.24) is 0 Å². The average Bonchev–Trinajstić information content (AvgIpc) is 2.17. The Morgan fingerprint density at radius 2 is 1.77 bits per heavy atom. The van der Waals surface area contributed by atoms with Crippen LogP contribution in [0.2, 0.25) is 10.6 Å². The monoisotopic (exact) mass is 252 g/mol. The molecule has 0 aromatic rings. The number of aliphatic hydroxyl groups excluding tert-OH is 1. The summed E-state index contributed by atoms with van der Waals surface area (Å²) in [5.74, 6) is 2.33. The first-order valence-electron chi connectivity index (χ1n) is 5.48. The van der Waals surface area contributed by atoms with E-state index in [0.29, 0.717) is 6.61 Å². The van der Waals surface area contributed by atoms with Gasteiger partial charge in [0.15, 0.2) is 0 Å². The summed E-state index contributed by atoms with van der Waals surface area (Å²) in [6.07, 6.45) is 9.19. The van der Waals surface area contributed by atoms with Crippen LogP contribution in [0, 0.1) is 0 Å². The summed E-state index contributed by atoms with van der Waals surface area (Å²) in [5.41, 5.74) is 0. The molecule has 13 heavy (non-hydrogen) atoms. The fourth-order valence-corrected chi connectivity index (χ4v) is 3.19. The molecule has 1 N–H and O–H groups in total. The van der Waals surface area contributed by atoms with Crippen LogP contribution >= 0.6 is 0 Å². The van der Waals surface area contributed by atoms with Crippen LogP contribution in [-0.2, 0) is 0 Å². The Balaban J connectivity index is 3.25. The van der Waals surface area contributed by atoms with Crippen molar-refractivity contribution in [2.75, 3.05) is 6.61 Å². The minimum atomic E-state index is 0.377. The average molecular weight is 251 g/mol. The van der Waals surface area contributed by atoms with Gasteiger partial charge in [-0.1, -0.05) is 0 Å². The molecular weight excluding hydrogens is 227 g/mol. The van der Waals surface area contributed by atoms with Gasteiger partial charge in [0.05, 0.1) is 0 Å². The van der Waals surface area contributed by atoms with Gasteiger partial charge in [-0.2, -0.15) is 0 Å². The van der Waals surface area contributed by atoms with E-state index >= 15 is 0 Å². The van der Waals surface area contributed by atoms with Crippen LogP contribution in [0.3, 0.4) is 0 Å². The molecule has 0 aromatic carbocycles. The molecule has 0 saturated carbocycles. The molecule has 0 amide bonds. The number of hydrogen-bond acceptors (Lipinski definition) is 1. The number of hydrogen-bond donors (Lipinski definition) is 1. The van der Waals surface area contributed by atoms with Crippen molar-refractivity contribution in [3.05, 3.63) is 0 Å². The van der Waals surface area contributed by atoms with Crippen molar-refractivity contribution in [3.8, 4) is 0 Å². The van der Waals surface area contributed by atoms with Crippen molar-refractivity contribution in [1.29, 1.82) is 0 Å². The zero-order valence-corrected chi connectivity index (χ0v) is 10.8. The standard InChI is InChI=1S/C11H24OSe/c1-3-4-5-6-8-11(13-2)9-7-10-12/h11-12H,3-10H2,1-2H3. The molecule has 0 aliphatic carbocycles. The maximum absolute atomic E-state index is 8.73. The van der Waals surface area contributed by atoms with E-state index in [9.17, 15) is 0 Å². The molecule has 1 atom stereocenters. The molecule has 0 heterocycles. The van der Waals surface area contributed by atoms with E-state index in [-0.39, 0.29) is 0 Å². The second-order valence-corrected chi connectivity index (χ2v) is 5.96. The van der Waals surface area contributed by atoms with Crippen LogP contribution in [0.4, 0.5) is 0 Å². The Morgan fingerprint density at radius 1 is 1.08 bits per heavy atom. The fourth-order valence-electron chi connectivity index (χ4n) is 1.50. The van der Waals surface area contributed by atoms with Crippen LogP contribution in [0.5, 0.6) is 0 Å². The Hall–Kier alpha value is 0.479. The van der Waals surface area contributed by atoms with E-state index in [2.05, 4.69) is 12.7 Å². The summed E-state index contributed by atoms with van der Waals surface area (Å²) in [6.45, 7) is 2.63. The third-order valence-corrected chi connectivity index (χ3v) is 4.78. The summed E-state index contributed by atoms with van der Waals surface area (Å²) in [4.78, 5) is 0.927. The van der Waals surface area contributed by atoms with Gasteiger partial charge in [0.2, 0.25) is 0 Å². The minimum absolute atomic E-state index is 0.377. The first-order valence-corrected chi connectivity index (χ1v) is 8.19. The molecule has 0 aliphatic heterocycles. The SMILES string of the molecule is CCCCCCC(CCCO)[Se]C. The van der Waals surface area contributed by atoms with Crippen LogP contribution in [0.15, 0.2) is 0 Å². The van der Waals surface area contributed by atoms with Gasteiger partial charge in [-0.15, -0.1) is 0 Å². The zero-order valence-electron chi connectivity index (χ0n) is 9.09. The Morgan fingerprint density at radius 3 is 2.31 bits per heavy atom. The van der Waals surface area contributed by atoms with Crippen molar-refractivity contribution in [2.24, 2.45) is 0 Å². The summed E-state index contributed by atoms with van der Waals surface area (Å²) in [5, 5.41) is 8.73. The number of aliphatic hydroxyl groups is 1. The van der Waals surface area contributed by atoms with Crippen LogP contribution in [0.1, 0.15) is 51.9 Å². The van der Waals surface area contributed by atoms with E-state index in [4.69, 9.17) is 5.11 Å². The predicted octanol–water partition coefficient (Wildman–Crippen LogP) is 3.27. The Bertz CT molecular complexity index is 96.1. The second kappa shape index (κ2) is 10.6. The van der Waals surface area contributed by atoms with Gasteiger partial charge >= 0.3 is 89.2 Å². The molecule has 0 bridgehead atoms. The van der Waals surface area contributed by atoms with E-state index in [1.807, 2.05) is 0 Å². The second-order valence-electron chi connectivity index (χ2n) is 3.57. The molecule has 0 radical (unpaired) electrons. The molecule has 0 spiro atoms. The third kappa shape index (κ3) is 8.80. The molecule has 1 unspecified atom stereocenters. The van der Waals surface area contributed by atoms with Crippen LogP contribution < -0.4 is 0 Å². The molecule has 0 aromatic heterocycles. The van der Waals surface area contributed by atoms with Crippen molar-refractivity contribution < 1.29 is 5.11 Å². The molecule has 80 valence electrons. The maximum atomic E-state index is 8.73. The van der Waals surface area contributed by atoms with Crippen molar-refractivity contribution in [2.45, 2.75) is 62.5 Å². The van der Waals surface area contributed by atoms with Gasteiger partial charge in [-0.3, -0.25) is 0 Å². The predicted molar refractivity (Wildman–Crippen MR) is 60.4 cm³/mol. The van der Waals surface area contributed by atoms with Gasteiger partial charge in [-0.25, -0.2) is 0 Å². The summed E-state index contributed by atoms with van der Waals surface area (Å²) >= 11 is 0.779. The van der Waals surface area contributed by atoms with E-state index in [0.717, 1.165) is 26.2 Å². The first-order chi connectivity index (χ1) is 6.35. The molecule has 0 rings (SSSR count). The van der Waals surface area contributed by atoms with Crippen molar-refractivity contribution in [3.63, 3.8) is 0 Å². The molecular formula is C11H24OSe. The summed E-state index contributed by atoms with van der Waals surface area (Å²) in [6, 6.07) is 0. The molecule has 1 nitrogen and oxygen atoms in total. The van der Waals surface area contributed by atoms with E-state index in [1.165, 1.54) is 38.5 Å². The topological polar surface area (TPSA) is 20.2 Å². The Kier molecular flexibility index (Phi) is 10.9. The molecule has 0 fully saturated rings. The quantitative estimate of drug-likeness (QED) is 0.492. The fraction of sp³-hybridized carbons (Fsp3) is 1.00. The summed E-state index contributed by atoms with van der Waals surface area (Å²) in [7, 11) is 0. The molecule has 0 aliphatic rings. The van der Waals surface area contributed by atoms with Crippen molar-refractivity contribution >= 4 is 15.0 Å². The van der Waals surface area contributed by atoms with Gasteiger partial charge in [-0.05, 0) is 0 Å². The molecule has 0 saturated heterocycles. The van der Waals surface area contributed by atoms with Crippen LogP contribution in [-0.4, -0.2) is 26.7 Å². The van der Waals surface area contributed by atoms with E-state index < -0.39 is 0 Å². The summed E-state index contributed by atoms with van der Waals surface area (Å²) < 4.78 is 0. The third-order valence-electron chi connectivity index (χ3n) is 2.40. The van der Waals surface area contributed by atoms with Gasteiger partial charge in [0.1, 0.15) is 0 Å². The Labute approximate surface area is 89.5 Å². The van der Waals surface area contributed by atoms with Crippen LogP contribution in [0.25, 0.3) is 0 Å². The zero-order chi connectivity index (χ0) is 9.94. The normalized spacial score (nSPS) is 13.2. The van der Waals surface area contributed by atoms with Gasteiger partial charge < -0.3 is 0 Å². The number of rotatable bonds is 9. The van der Waals surface area contributed by atoms with Gasteiger partial charge in [0, 0.05) is 0 Å². The number of unbranched alkanes of at least 4 members (excludes halogenated alkanes) is 3. The first kappa shape index (κ1) is 13.5.